The van der Waals surface area contributed by atoms with Crippen molar-refractivity contribution in [3.63, 3.8) is 0 Å². The minimum atomic E-state index is -0.851. The molecule has 48 heavy (non-hydrogen) atoms. The van der Waals surface area contributed by atoms with E-state index in [2.05, 4.69) is 5.32 Å². The van der Waals surface area contributed by atoms with E-state index < -0.39 is 23.0 Å². The molecule has 0 atom stereocenters. The minimum Gasteiger partial charge on any atom is -0.497 e. The zero-order valence-corrected chi connectivity index (χ0v) is 27.0. The lowest BCUT2D eigenvalue weighted by Gasteiger charge is -2.22. The van der Waals surface area contributed by atoms with E-state index in [1.165, 1.54) is 20.4 Å². The van der Waals surface area contributed by atoms with Crippen molar-refractivity contribution in [3.8, 4) is 22.9 Å². The van der Waals surface area contributed by atoms with Crippen LogP contribution in [0.5, 0.6) is 17.2 Å². The normalized spacial score (nSPS) is 10.9. The average molecular weight is 658 g/mol. The number of hydrogen-bond acceptors (Lipinski definition) is 6. The van der Waals surface area contributed by atoms with E-state index in [4.69, 9.17) is 14.2 Å². The molecule has 0 fully saturated rings. The topological polar surface area (TPSA) is 103 Å². The third-order valence-electron chi connectivity index (χ3n) is 7.66. The third-order valence-corrected chi connectivity index (χ3v) is 7.66. The highest BCUT2D eigenvalue weighted by atomic mass is 19.1. The maximum atomic E-state index is 14.1. The highest BCUT2D eigenvalue weighted by molar-refractivity contribution is 6.07. The monoisotopic (exact) mass is 657 g/mol. The van der Waals surface area contributed by atoms with Crippen LogP contribution in [0.25, 0.3) is 16.6 Å². The van der Waals surface area contributed by atoms with Gasteiger partial charge in [0.1, 0.15) is 41.5 Å². The molecule has 248 valence electrons. The number of halogens is 2. The highest BCUT2D eigenvalue weighted by Crippen LogP contribution is 2.29. The molecular formula is C36H35F2N4O6+. The van der Waals surface area contributed by atoms with Gasteiger partial charge in [-0.15, -0.1) is 0 Å². The Morgan fingerprint density at radius 1 is 0.896 bits per heavy atom. The molecular weight excluding hydrogens is 622 g/mol. The van der Waals surface area contributed by atoms with Crippen LogP contribution in [-0.4, -0.2) is 50.3 Å². The van der Waals surface area contributed by atoms with Crippen LogP contribution in [0.4, 0.5) is 14.5 Å². The molecule has 0 aliphatic carbocycles. The smallest absolute Gasteiger partial charge is 0.263 e. The molecule has 0 spiro atoms. The van der Waals surface area contributed by atoms with Crippen LogP contribution in [0.1, 0.15) is 34.1 Å². The van der Waals surface area contributed by atoms with E-state index in [1.54, 1.807) is 72.4 Å². The van der Waals surface area contributed by atoms with Crippen molar-refractivity contribution >= 4 is 28.4 Å². The number of methoxy groups -OCH3 is 2. The summed E-state index contributed by atoms with van der Waals surface area (Å²) < 4.78 is 48.6. The van der Waals surface area contributed by atoms with Crippen molar-refractivity contribution in [2.45, 2.75) is 13.3 Å². The Kier molecular flexibility index (Phi) is 10.3. The van der Waals surface area contributed by atoms with Crippen LogP contribution < -0.4 is 34.4 Å². The number of hydrogen-bond donors (Lipinski definition) is 1. The van der Waals surface area contributed by atoms with E-state index in [0.717, 1.165) is 17.0 Å². The van der Waals surface area contributed by atoms with Crippen LogP contribution >= 0.6 is 0 Å². The van der Waals surface area contributed by atoms with Gasteiger partial charge in [-0.3, -0.25) is 14.4 Å². The number of ether oxygens (including phenoxy) is 3. The van der Waals surface area contributed by atoms with Gasteiger partial charge in [-0.1, -0.05) is 0 Å². The molecule has 0 unspecified atom stereocenters. The van der Waals surface area contributed by atoms with Gasteiger partial charge in [0.25, 0.3) is 11.8 Å². The van der Waals surface area contributed by atoms with Gasteiger partial charge in [0.15, 0.2) is 12.4 Å². The number of nitrogens with one attached hydrogen (secondary N) is 1. The Morgan fingerprint density at radius 2 is 1.56 bits per heavy atom. The lowest BCUT2D eigenvalue weighted by molar-refractivity contribution is -0.671. The first-order chi connectivity index (χ1) is 23.1. The summed E-state index contributed by atoms with van der Waals surface area (Å²) in [4.78, 5) is 41.3. The molecule has 0 saturated heterocycles. The maximum absolute atomic E-state index is 14.1. The first-order valence-electron chi connectivity index (χ1n) is 15.2. The molecule has 2 amide bonds. The second-order valence-electron chi connectivity index (χ2n) is 10.9. The standard InChI is InChI=1S/C36H34F2N4O6/c1-5-41(26-16-24(37)15-25(38)17-26)36(45)32-22-42(27-18-29(46-3)20-30(19-27)47-4)33-21-28(7-8-31(33)34(32)43)48-14-6-11-39-35(44)23-9-12-40(2)13-10-23/h7-10,12-13,15-22H,5-6,11,14H2,1-4H3/p+1. The number of aryl methyl sites for hydroxylation is 1. The summed E-state index contributed by atoms with van der Waals surface area (Å²) in [5, 5.41) is 3.08. The average Bonchev–Trinajstić information content (AvgIpc) is 3.08. The van der Waals surface area contributed by atoms with Gasteiger partial charge in [-0.25, -0.2) is 13.3 Å². The first kappa shape index (κ1) is 33.6. The Balaban J connectivity index is 1.48. The molecule has 3 aromatic carbocycles. The van der Waals surface area contributed by atoms with Crippen LogP contribution in [0.15, 0.2) is 90.1 Å². The number of aromatic nitrogens is 2. The summed E-state index contributed by atoms with van der Waals surface area (Å²) in [7, 11) is 4.88. The van der Waals surface area contributed by atoms with Gasteiger partial charge < -0.3 is 29.0 Å². The summed E-state index contributed by atoms with van der Waals surface area (Å²) in [6, 6.07) is 16.2. The number of anilines is 1. The minimum absolute atomic E-state index is 0.0214. The molecule has 0 saturated carbocycles. The number of carbonyl (C=O) groups is 2. The molecule has 1 N–H and O–H groups in total. The fourth-order valence-electron chi connectivity index (χ4n) is 5.19. The second kappa shape index (κ2) is 14.8. The summed E-state index contributed by atoms with van der Waals surface area (Å²) in [6.45, 7) is 2.35. The predicted molar refractivity (Wildman–Crippen MR) is 176 cm³/mol. The van der Waals surface area contributed by atoms with Crippen LogP contribution in [0.2, 0.25) is 0 Å². The summed E-state index contributed by atoms with van der Waals surface area (Å²) in [5.41, 5.74) is 0.687. The Morgan fingerprint density at radius 3 is 2.19 bits per heavy atom. The number of rotatable bonds is 12. The molecule has 2 aromatic heterocycles. The van der Waals surface area contributed by atoms with Crippen molar-refractivity contribution in [2.24, 2.45) is 7.05 Å². The Labute approximate surface area is 275 Å². The quantitative estimate of drug-likeness (QED) is 0.150. The predicted octanol–water partition coefficient (Wildman–Crippen LogP) is 4.98. The maximum Gasteiger partial charge on any atom is 0.263 e. The van der Waals surface area contributed by atoms with E-state index in [9.17, 15) is 23.2 Å². The van der Waals surface area contributed by atoms with E-state index in [0.29, 0.717) is 53.0 Å². The third kappa shape index (κ3) is 7.43. The molecule has 0 bridgehead atoms. The Hall–Kier alpha value is -5.78. The highest BCUT2D eigenvalue weighted by Gasteiger charge is 2.24. The number of amides is 2. The van der Waals surface area contributed by atoms with Crippen molar-refractivity contribution in [2.75, 3.05) is 38.8 Å². The van der Waals surface area contributed by atoms with Gasteiger partial charge >= 0.3 is 0 Å². The van der Waals surface area contributed by atoms with Crippen molar-refractivity contribution in [3.05, 3.63) is 118 Å². The van der Waals surface area contributed by atoms with Crippen molar-refractivity contribution in [1.82, 2.24) is 9.88 Å². The molecule has 0 aliphatic rings. The van der Waals surface area contributed by atoms with Gasteiger partial charge in [-0.05, 0) is 37.6 Å². The van der Waals surface area contributed by atoms with E-state index >= 15 is 0 Å². The molecule has 5 rings (SSSR count). The number of benzene rings is 3. The fourth-order valence-corrected chi connectivity index (χ4v) is 5.19. The summed E-state index contributed by atoms with van der Waals surface area (Å²) >= 11 is 0. The second-order valence-corrected chi connectivity index (χ2v) is 10.9. The van der Waals surface area contributed by atoms with Crippen LogP contribution in [0, 0.1) is 11.6 Å². The van der Waals surface area contributed by atoms with Crippen LogP contribution in [0.3, 0.4) is 0 Å². The first-order valence-corrected chi connectivity index (χ1v) is 15.2. The Bertz CT molecular complexity index is 1990. The number of nitrogens with zero attached hydrogens (tertiary/aromatic N) is 3. The van der Waals surface area contributed by atoms with Crippen molar-refractivity contribution < 1.29 is 37.1 Å². The van der Waals surface area contributed by atoms with Crippen LogP contribution in [-0.2, 0) is 7.05 Å². The summed E-state index contributed by atoms with van der Waals surface area (Å²) in [6.07, 6.45) is 5.50. The largest absolute Gasteiger partial charge is 0.497 e. The van der Waals surface area contributed by atoms with Gasteiger partial charge in [0.2, 0.25) is 5.43 Å². The molecule has 10 nitrogen and oxygen atoms in total. The number of pyridine rings is 2. The lowest BCUT2D eigenvalue weighted by Crippen LogP contribution is -2.35. The zero-order chi connectivity index (χ0) is 34.4. The van der Waals surface area contributed by atoms with Gasteiger partial charge in [0, 0.05) is 72.8 Å². The van der Waals surface area contributed by atoms with E-state index in [1.807, 2.05) is 11.6 Å². The van der Waals surface area contributed by atoms with E-state index in [-0.39, 0.29) is 35.7 Å². The summed E-state index contributed by atoms with van der Waals surface area (Å²) in [5.74, 6) is -1.23. The molecule has 5 aromatic rings. The number of fused-ring (bicyclic) bond motifs is 1. The van der Waals surface area contributed by atoms with Crippen molar-refractivity contribution in [1.29, 1.82) is 0 Å². The SMILES string of the molecule is CCN(C(=O)c1cn(-c2cc(OC)cc(OC)c2)c2cc(OCCCNC(=O)c3cc[n+](C)cc3)ccc2c1=O)c1cc(F)cc(F)c1. The number of carbonyl (C=O) groups excluding carboxylic acids is 2. The fraction of sp³-hybridized carbons (Fsp3) is 0.222. The zero-order valence-electron chi connectivity index (χ0n) is 27.0. The molecule has 0 radical (unpaired) electrons. The molecule has 12 heteroatoms. The van der Waals surface area contributed by atoms with Gasteiger partial charge in [-0.2, -0.15) is 0 Å². The molecule has 2 heterocycles. The molecule has 0 aliphatic heterocycles. The van der Waals surface area contributed by atoms with Gasteiger partial charge in [0.05, 0.1) is 37.6 Å². The lowest BCUT2D eigenvalue weighted by atomic mass is 10.1.